The van der Waals surface area contributed by atoms with Crippen molar-refractivity contribution in [3.05, 3.63) is 126 Å². The maximum atomic E-state index is 13.7. The molecule has 44 heavy (non-hydrogen) atoms. The number of alkyl carbamates (subject to hydrolysis) is 1. The quantitative estimate of drug-likeness (QED) is 0.163. The van der Waals surface area contributed by atoms with E-state index < -0.39 is 42.0 Å². The topological polar surface area (TPSA) is 152 Å². The molecule has 11 nitrogen and oxygen atoms in total. The van der Waals surface area contributed by atoms with Gasteiger partial charge in [0.25, 0.3) is 0 Å². The average Bonchev–Trinajstić information content (AvgIpc) is 3.57. The number of H-pyrrole nitrogens is 1. The van der Waals surface area contributed by atoms with Crippen LogP contribution in [0.2, 0.25) is 0 Å². The molecule has 1 heterocycles. The number of rotatable bonds is 14. The smallest absolute Gasteiger partial charge is 0.408 e. The van der Waals surface area contributed by atoms with E-state index in [0.29, 0.717) is 5.69 Å². The molecule has 3 atom stereocenters. The molecule has 0 saturated heterocycles. The van der Waals surface area contributed by atoms with Crippen molar-refractivity contribution in [1.29, 1.82) is 0 Å². The normalized spacial score (nSPS) is 12.7. The van der Waals surface area contributed by atoms with Crippen molar-refractivity contribution in [2.45, 2.75) is 44.0 Å². The van der Waals surface area contributed by atoms with Crippen molar-refractivity contribution in [2.75, 3.05) is 7.11 Å². The Kier molecular flexibility index (Phi) is 11.6. The zero-order chi connectivity index (χ0) is 31.1. The molecule has 3 amide bonds. The number of carbonyl (C=O) groups is 4. The van der Waals surface area contributed by atoms with Gasteiger partial charge < -0.3 is 30.4 Å². The van der Waals surface area contributed by atoms with Crippen LogP contribution in [0.4, 0.5) is 4.79 Å². The molecule has 0 radical (unpaired) electrons. The van der Waals surface area contributed by atoms with Crippen LogP contribution in [0.15, 0.2) is 104 Å². The van der Waals surface area contributed by atoms with Gasteiger partial charge in [-0.15, -0.1) is 0 Å². The van der Waals surface area contributed by atoms with Crippen LogP contribution < -0.4 is 16.0 Å². The van der Waals surface area contributed by atoms with Gasteiger partial charge in [0.2, 0.25) is 11.8 Å². The second-order valence-electron chi connectivity index (χ2n) is 10.0. The fourth-order valence-electron chi connectivity index (χ4n) is 4.52. The largest absolute Gasteiger partial charge is 0.467 e. The lowest BCUT2D eigenvalue weighted by Crippen LogP contribution is -2.57. The van der Waals surface area contributed by atoms with Gasteiger partial charge in [-0.1, -0.05) is 91.0 Å². The molecule has 0 aliphatic carbocycles. The molecule has 0 aliphatic rings. The van der Waals surface area contributed by atoms with E-state index >= 15 is 0 Å². The monoisotopic (exact) mass is 597 g/mol. The predicted octanol–water partition coefficient (Wildman–Crippen LogP) is 2.88. The van der Waals surface area contributed by atoms with E-state index in [0.717, 1.165) is 16.7 Å². The Morgan fingerprint density at radius 3 is 1.68 bits per heavy atom. The molecule has 4 N–H and O–H groups in total. The second kappa shape index (κ2) is 16.3. The molecule has 3 aromatic carbocycles. The second-order valence-corrected chi connectivity index (χ2v) is 10.0. The van der Waals surface area contributed by atoms with Gasteiger partial charge in [-0.3, -0.25) is 9.59 Å². The van der Waals surface area contributed by atoms with Crippen molar-refractivity contribution in [1.82, 2.24) is 25.9 Å². The van der Waals surface area contributed by atoms with Crippen LogP contribution in [-0.4, -0.2) is 59.1 Å². The summed E-state index contributed by atoms with van der Waals surface area (Å²) >= 11 is 0. The number of esters is 1. The van der Waals surface area contributed by atoms with Gasteiger partial charge in [0, 0.05) is 25.5 Å². The predicted molar refractivity (Wildman–Crippen MR) is 162 cm³/mol. The van der Waals surface area contributed by atoms with Crippen molar-refractivity contribution in [2.24, 2.45) is 0 Å². The zero-order valence-corrected chi connectivity index (χ0v) is 24.3. The maximum Gasteiger partial charge on any atom is 0.408 e. The molecule has 4 rings (SSSR count). The van der Waals surface area contributed by atoms with E-state index in [2.05, 4.69) is 25.9 Å². The minimum absolute atomic E-state index is 0.0241. The number of ether oxygens (including phenoxy) is 2. The lowest BCUT2D eigenvalue weighted by molar-refractivity contribution is -0.145. The first-order valence-corrected chi connectivity index (χ1v) is 14.1. The molecular formula is C33H35N5O6. The molecule has 4 aromatic rings. The van der Waals surface area contributed by atoms with Crippen LogP contribution in [0.3, 0.4) is 0 Å². The van der Waals surface area contributed by atoms with Gasteiger partial charge in [0.05, 0.1) is 19.1 Å². The molecule has 11 heteroatoms. The van der Waals surface area contributed by atoms with Crippen LogP contribution in [0.5, 0.6) is 0 Å². The van der Waals surface area contributed by atoms with Crippen LogP contribution >= 0.6 is 0 Å². The van der Waals surface area contributed by atoms with E-state index in [-0.39, 0.29) is 25.9 Å². The third-order valence-electron chi connectivity index (χ3n) is 6.79. The Morgan fingerprint density at radius 2 is 1.18 bits per heavy atom. The first-order valence-electron chi connectivity index (χ1n) is 14.1. The number of carbonyl (C=O) groups excluding carboxylic acids is 4. The first kappa shape index (κ1) is 31.5. The molecular weight excluding hydrogens is 562 g/mol. The summed E-state index contributed by atoms with van der Waals surface area (Å²) in [4.78, 5) is 59.6. The Hall–Kier alpha value is -5.45. The van der Waals surface area contributed by atoms with Gasteiger partial charge in [-0.05, 0) is 16.7 Å². The van der Waals surface area contributed by atoms with E-state index in [1.165, 1.54) is 13.4 Å². The van der Waals surface area contributed by atoms with Gasteiger partial charge in [-0.2, -0.15) is 0 Å². The lowest BCUT2D eigenvalue weighted by Gasteiger charge is -2.25. The molecule has 1 aromatic heterocycles. The van der Waals surface area contributed by atoms with Crippen LogP contribution in [0.1, 0.15) is 22.4 Å². The van der Waals surface area contributed by atoms with Crippen molar-refractivity contribution in [3.63, 3.8) is 0 Å². The molecule has 0 bridgehead atoms. The highest BCUT2D eigenvalue weighted by Crippen LogP contribution is 2.09. The van der Waals surface area contributed by atoms with E-state index in [9.17, 15) is 19.2 Å². The van der Waals surface area contributed by atoms with Crippen molar-refractivity contribution in [3.8, 4) is 0 Å². The Balaban J connectivity index is 1.52. The average molecular weight is 598 g/mol. The van der Waals surface area contributed by atoms with E-state index in [4.69, 9.17) is 9.47 Å². The Morgan fingerprint density at radius 1 is 0.682 bits per heavy atom. The number of hydrogen-bond donors (Lipinski definition) is 4. The number of nitrogens with one attached hydrogen (secondary N) is 4. The number of benzene rings is 3. The van der Waals surface area contributed by atoms with Gasteiger partial charge >= 0.3 is 12.1 Å². The first-order chi connectivity index (χ1) is 21.4. The van der Waals surface area contributed by atoms with Gasteiger partial charge in [-0.25, -0.2) is 14.6 Å². The van der Waals surface area contributed by atoms with Crippen LogP contribution in [0.25, 0.3) is 0 Å². The standard InChI is InChI=1S/C33H35N5O6/c1-43-32(41)29(19-26-20-34-22-35-26)37-30(39)27(17-23-11-5-2-6-12-23)36-31(40)28(18-24-13-7-3-8-14-24)38-33(42)44-21-25-15-9-4-10-16-25/h2-16,20,22,27-29H,17-19,21H2,1H3,(H,34,35)(H,36,40)(H,37,39)(H,38,42)/t27-,28-,29-/m0/s1. The SMILES string of the molecule is COC(=O)[C@H](Cc1c[nH]cn1)NC(=O)[C@H](Cc1ccccc1)NC(=O)[C@H](Cc1ccccc1)NC(=O)OCc1ccccc1. The highest BCUT2D eigenvalue weighted by atomic mass is 16.5. The maximum absolute atomic E-state index is 13.7. The highest BCUT2D eigenvalue weighted by Gasteiger charge is 2.31. The van der Waals surface area contributed by atoms with Gasteiger partial charge in [0.15, 0.2) is 0 Å². The molecule has 228 valence electrons. The lowest BCUT2D eigenvalue weighted by atomic mass is 10.0. The summed E-state index contributed by atoms with van der Waals surface area (Å²) in [6.45, 7) is 0.0241. The summed E-state index contributed by atoms with van der Waals surface area (Å²) in [5.41, 5.74) is 2.92. The number of nitrogens with zero attached hydrogens (tertiary/aromatic N) is 1. The summed E-state index contributed by atoms with van der Waals surface area (Å²) in [5.74, 6) is -1.85. The van der Waals surface area contributed by atoms with Gasteiger partial charge in [0.1, 0.15) is 24.7 Å². The zero-order valence-electron chi connectivity index (χ0n) is 24.3. The number of aromatic nitrogens is 2. The highest BCUT2D eigenvalue weighted by molar-refractivity contribution is 5.93. The van der Waals surface area contributed by atoms with E-state index in [1.54, 1.807) is 6.20 Å². The Labute approximate surface area is 255 Å². The minimum atomic E-state index is -1.09. The summed E-state index contributed by atoms with van der Waals surface area (Å²) in [6.07, 6.45) is 2.66. The fourth-order valence-corrected chi connectivity index (χ4v) is 4.52. The number of imidazole rings is 1. The van der Waals surface area contributed by atoms with Crippen molar-refractivity contribution >= 4 is 23.9 Å². The molecule has 0 spiro atoms. The minimum Gasteiger partial charge on any atom is -0.467 e. The summed E-state index contributed by atoms with van der Waals surface area (Å²) in [6, 6.07) is 24.3. The van der Waals surface area contributed by atoms with Crippen LogP contribution in [-0.2, 0) is 49.7 Å². The number of amides is 3. The third kappa shape index (κ3) is 9.83. The third-order valence-corrected chi connectivity index (χ3v) is 6.79. The Bertz CT molecular complexity index is 1480. The molecule has 0 saturated carbocycles. The molecule has 0 fully saturated rings. The molecule has 0 aliphatic heterocycles. The number of methoxy groups -OCH3 is 1. The van der Waals surface area contributed by atoms with E-state index in [1.807, 2.05) is 91.0 Å². The molecule has 0 unspecified atom stereocenters. The van der Waals surface area contributed by atoms with Crippen LogP contribution in [0, 0.1) is 0 Å². The number of aromatic amines is 1. The van der Waals surface area contributed by atoms with Crippen molar-refractivity contribution < 1.29 is 28.7 Å². The summed E-state index contributed by atoms with van der Waals surface area (Å²) in [5, 5.41) is 8.15. The fraction of sp³-hybridized carbons (Fsp3) is 0.242. The number of hydrogen-bond acceptors (Lipinski definition) is 7. The summed E-state index contributed by atoms with van der Waals surface area (Å²) < 4.78 is 10.3. The summed E-state index contributed by atoms with van der Waals surface area (Å²) in [7, 11) is 1.23.